The van der Waals surface area contributed by atoms with E-state index in [9.17, 15) is 9.18 Å². The van der Waals surface area contributed by atoms with Gasteiger partial charge in [-0.3, -0.25) is 4.79 Å². The number of nitrogens with one attached hydrogen (secondary N) is 1. The third kappa shape index (κ3) is 4.42. The van der Waals surface area contributed by atoms with Crippen LogP contribution in [0.3, 0.4) is 0 Å². The van der Waals surface area contributed by atoms with Gasteiger partial charge in [-0.15, -0.1) is 0 Å². The Kier molecular flexibility index (Phi) is 5.09. The Bertz CT molecular complexity index is 605. The van der Waals surface area contributed by atoms with Crippen molar-refractivity contribution in [3.63, 3.8) is 0 Å². The first-order valence-corrected chi connectivity index (χ1v) is 7.19. The van der Waals surface area contributed by atoms with Crippen LogP contribution in [0.4, 0.5) is 10.1 Å². The molecule has 21 heavy (non-hydrogen) atoms. The van der Waals surface area contributed by atoms with Gasteiger partial charge in [0.15, 0.2) is 0 Å². The molecule has 0 aliphatic rings. The summed E-state index contributed by atoms with van der Waals surface area (Å²) in [5.74, 6) is 0.0834. The number of hydrogen-bond donors (Lipinski definition) is 1. The number of para-hydroxylation sites is 1. The van der Waals surface area contributed by atoms with Crippen molar-refractivity contribution in [1.29, 1.82) is 0 Å². The van der Waals surface area contributed by atoms with Crippen LogP contribution < -0.4 is 5.32 Å². The fourth-order valence-electron chi connectivity index (χ4n) is 2.24. The average molecular weight is 285 g/mol. The molecule has 2 rings (SSSR count). The van der Waals surface area contributed by atoms with Gasteiger partial charge >= 0.3 is 0 Å². The second kappa shape index (κ2) is 7.02. The van der Waals surface area contributed by atoms with Crippen molar-refractivity contribution in [2.24, 2.45) is 0 Å². The number of amides is 1. The van der Waals surface area contributed by atoms with Crippen molar-refractivity contribution in [3.05, 3.63) is 65.5 Å². The number of benzene rings is 2. The SMILES string of the molecule is CC(C)c1ccccc1NC(=O)CCc1ccc(F)cc1. The Labute approximate surface area is 125 Å². The molecule has 0 atom stereocenters. The molecule has 0 fully saturated rings. The largest absolute Gasteiger partial charge is 0.326 e. The van der Waals surface area contributed by atoms with E-state index >= 15 is 0 Å². The van der Waals surface area contributed by atoms with Gasteiger partial charge in [0.2, 0.25) is 5.91 Å². The molecule has 0 saturated heterocycles. The lowest BCUT2D eigenvalue weighted by Crippen LogP contribution is -2.14. The maximum Gasteiger partial charge on any atom is 0.224 e. The summed E-state index contributed by atoms with van der Waals surface area (Å²) in [5, 5.41) is 2.96. The minimum Gasteiger partial charge on any atom is -0.326 e. The summed E-state index contributed by atoms with van der Waals surface area (Å²) in [4.78, 5) is 12.0. The molecule has 0 spiro atoms. The summed E-state index contributed by atoms with van der Waals surface area (Å²) in [7, 11) is 0. The highest BCUT2D eigenvalue weighted by Gasteiger charge is 2.09. The molecule has 3 heteroatoms. The average Bonchev–Trinajstić information content (AvgIpc) is 2.47. The molecule has 0 radical (unpaired) electrons. The first-order valence-electron chi connectivity index (χ1n) is 7.19. The molecule has 2 aromatic carbocycles. The number of carbonyl (C=O) groups is 1. The zero-order chi connectivity index (χ0) is 15.2. The maximum atomic E-state index is 12.8. The summed E-state index contributed by atoms with van der Waals surface area (Å²) in [6, 6.07) is 14.1. The molecule has 0 unspecified atom stereocenters. The third-order valence-corrected chi connectivity index (χ3v) is 3.41. The molecule has 2 aromatic rings. The smallest absolute Gasteiger partial charge is 0.224 e. The van der Waals surface area contributed by atoms with Crippen LogP contribution in [0.1, 0.15) is 37.3 Å². The van der Waals surface area contributed by atoms with Crippen LogP contribution in [-0.2, 0) is 11.2 Å². The second-order valence-electron chi connectivity index (χ2n) is 5.42. The van der Waals surface area contributed by atoms with Crippen molar-refractivity contribution < 1.29 is 9.18 Å². The van der Waals surface area contributed by atoms with Crippen LogP contribution in [0.15, 0.2) is 48.5 Å². The van der Waals surface area contributed by atoms with E-state index < -0.39 is 0 Å². The fourth-order valence-corrected chi connectivity index (χ4v) is 2.24. The lowest BCUT2D eigenvalue weighted by Gasteiger charge is -2.13. The van der Waals surface area contributed by atoms with E-state index in [4.69, 9.17) is 0 Å². The molecule has 110 valence electrons. The fraction of sp³-hybridized carbons (Fsp3) is 0.278. The first-order chi connectivity index (χ1) is 10.1. The zero-order valence-corrected chi connectivity index (χ0v) is 12.4. The normalized spacial score (nSPS) is 10.7. The molecular formula is C18H20FNO. The van der Waals surface area contributed by atoms with E-state index in [0.717, 1.165) is 16.8 Å². The first kappa shape index (κ1) is 15.2. The third-order valence-electron chi connectivity index (χ3n) is 3.41. The molecule has 1 amide bonds. The van der Waals surface area contributed by atoms with E-state index in [-0.39, 0.29) is 11.7 Å². The molecular weight excluding hydrogens is 265 g/mol. The Balaban J connectivity index is 1.94. The highest BCUT2D eigenvalue weighted by Crippen LogP contribution is 2.23. The minimum atomic E-state index is -0.255. The van der Waals surface area contributed by atoms with Crippen molar-refractivity contribution in [2.45, 2.75) is 32.6 Å². The van der Waals surface area contributed by atoms with Crippen LogP contribution in [-0.4, -0.2) is 5.91 Å². The number of halogens is 1. The zero-order valence-electron chi connectivity index (χ0n) is 12.4. The predicted octanol–water partition coefficient (Wildman–Crippen LogP) is 4.52. The van der Waals surface area contributed by atoms with E-state index in [1.54, 1.807) is 12.1 Å². The standard InChI is InChI=1S/C18H20FNO/c1-13(2)16-5-3-4-6-17(16)20-18(21)12-9-14-7-10-15(19)11-8-14/h3-8,10-11,13H,9,12H2,1-2H3,(H,20,21). The lowest BCUT2D eigenvalue weighted by atomic mass is 10.0. The second-order valence-corrected chi connectivity index (χ2v) is 5.42. The van der Waals surface area contributed by atoms with Crippen molar-refractivity contribution in [1.82, 2.24) is 0 Å². The van der Waals surface area contributed by atoms with Crippen molar-refractivity contribution >= 4 is 11.6 Å². The van der Waals surface area contributed by atoms with E-state index in [1.165, 1.54) is 12.1 Å². The van der Waals surface area contributed by atoms with Gasteiger partial charge < -0.3 is 5.32 Å². The Morgan fingerprint density at radius 2 is 1.76 bits per heavy atom. The topological polar surface area (TPSA) is 29.1 Å². The molecule has 0 aliphatic heterocycles. The van der Waals surface area contributed by atoms with E-state index in [0.29, 0.717) is 18.8 Å². The van der Waals surface area contributed by atoms with Crippen LogP contribution in [0.2, 0.25) is 0 Å². The van der Waals surface area contributed by atoms with E-state index in [1.807, 2.05) is 24.3 Å². The number of rotatable bonds is 5. The molecule has 0 heterocycles. The number of carbonyl (C=O) groups excluding carboxylic acids is 1. The van der Waals surface area contributed by atoms with Gasteiger partial charge in [-0.1, -0.05) is 44.2 Å². The molecule has 2 nitrogen and oxygen atoms in total. The minimum absolute atomic E-state index is 0.0209. The monoisotopic (exact) mass is 285 g/mol. The van der Waals surface area contributed by atoms with Gasteiger partial charge in [-0.05, 0) is 41.7 Å². The lowest BCUT2D eigenvalue weighted by molar-refractivity contribution is -0.116. The predicted molar refractivity (Wildman–Crippen MR) is 83.9 cm³/mol. The number of hydrogen-bond acceptors (Lipinski definition) is 1. The van der Waals surface area contributed by atoms with Gasteiger partial charge in [0.05, 0.1) is 0 Å². The highest BCUT2D eigenvalue weighted by molar-refractivity contribution is 5.91. The summed E-state index contributed by atoms with van der Waals surface area (Å²) < 4.78 is 12.8. The molecule has 0 aromatic heterocycles. The van der Waals surface area contributed by atoms with Crippen LogP contribution in [0.5, 0.6) is 0 Å². The van der Waals surface area contributed by atoms with Gasteiger partial charge in [0.1, 0.15) is 5.82 Å². The van der Waals surface area contributed by atoms with Crippen molar-refractivity contribution in [2.75, 3.05) is 5.32 Å². The van der Waals surface area contributed by atoms with E-state index in [2.05, 4.69) is 19.2 Å². The van der Waals surface area contributed by atoms with Gasteiger partial charge in [-0.2, -0.15) is 0 Å². The quantitative estimate of drug-likeness (QED) is 0.859. The van der Waals surface area contributed by atoms with Crippen LogP contribution in [0.25, 0.3) is 0 Å². The maximum absolute atomic E-state index is 12.8. The summed E-state index contributed by atoms with van der Waals surface area (Å²) in [6.45, 7) is 4.20. The Morgan fingerprint density at radius 3 is 2.43 bits per heavy atom. The van der Waals surface area contributed by atoms with Gasteiger partial charge in [0, 0.05) is 12.1 Å². The van der Waals surface area contributed by atoms with Gasteiger partial charge in [-0.25, -0.2) is 4.39 Å². The Hall–Kier alpha value is -2.16. The van der Waals surface area contributed by atoms with Crippen molar-refractivity contribution in [3.8, 4) is 0 Å². The summed E-state index contributed by atoms with van der Waals surface area (Å²) in [5.41, 5.74) is 2.97. The van der Waals surface area contributed by atoms with Crippen LogP contribution in [0, 0.1) is 5.82 Å². The molecule has 0 bridgehead atoms. The number of aryl methyl sites for hydroxylation is 1. The Morgan fingerprint density at radius 1 is 1.10 bits per heavy atom. The van der Waals surface area contributed by atoms with Crippen LogP contribution >= 0.6 is 0 Å². The molecule has 0 aliphatic carbocycles. The molecule has 1 N–H and O–H groups in total. The van der Waals surface area contributed by atoms with Gasteiger partial charge in [0.25, 0.3) is 0 Å². The highest BCUT2D eigenvalue weighted by atomic mass is 19.1. The summed E-state index contributed by atoms with van der Waals surface area (Å²) >= 11 is 0. The number of anilines is 1. The summed E-state index contributed by atoms with van der Waals surface area (Å²) in [6.07, 6.45) is 0.994. The molecule has 0 saturated carbocycles.